The molecule has 2 rings (SSSR count). The van der Waals surface area contributed by atoms with Crippen LogP contribution in [0.25, 0.3) is 0 Å². The third-order valence-electron chi connectivity index (χ3n) is 3.97. The number of ether oxygens (including phenoxy) is 1. The van der Waals surface area contributed by atoms with Gasteiger partial charge in [-0.3, -0.25) is 10.1 Å². The average Bonchev–Trinajstić information content (AvgIpc) is 2.63. The molecule has 0 heterocycles. The highest BCUT2D eigenvalue weighted by atomic mass is 16.5. The molecule has 0 fully saturated rings. The second kappa shape index (κ2) is 9.80. The van der Waals surface area contributed by atoms with Crippen LogP contribution in [0, 0.1) is 0 Å². The molecule has 25 heavy (non-hydrogen) atoms. The van der Waals surface area contributed by atoms with Crippen molar-refractivity contribution in [3.05, 3.63) is 83.4 Å². The summed E-state index contributed by atoms with van der Waals surface area (Å²) in [5.74, 6) is -0.211. The van der Waals surface area contributed by atoms with E-state index in [0.29, 0.717) is 13.0 Å². The van der Waals surface area contributed by atoms with E-state index in [-0.39, 0.29) is 18.1 Å². The minimum Gasteiger partial charge on any atom is -0.465 e. The van der Waals surface area contributed by atoms with Gasteiger partial charge in [-0.25, -0.2) is 0 Å². The Hall–Kier alpha value is -2.39. The van der Waals surface area contributed by atoms with E-state index >= 15 is 0 Å². The summed E-state index contributed by atoms with van der Waals surface area (Å²) >= 11 is 0. The van der Waals surface area contributed by atoms with Crippen LogP contribution in [0.5, 0.6) is 0 Å². The molecule has 2 aromatic carbocycles. The first-order valence-electron chi connectivity index (χ1n) is 8.77. The summed E-state index contributed by atoms with van der Waals surface area (Å²) in [5, 5.41) is 3.51. The van der Waals surface area contributed by atoms with E-state index in [9.17, 15) is 4.79 Å². The van der Waals surface area contributed by atoms with Gasteiger partial charge in [0, 0.05) is 0 Å². The Labute approximate surface area is 150 Å². The smallest absolute Gasteiger partial charge is 0.323 e. The van der Waals surface area contributed by atoms with E-state index in [0.717, 1.165) is 11.1 Å². The summed E-state index contributed by atoms with van der Waals surface area (Å²) in [6, 6.07) is 19.9. The first kappa shape index (κ1) is 18.9. The summed E-state index contributed by atoms with van der Waals surface area (Å²) in [4.78, 5) is 12.4. The lowest BCUT2D eigenvalue weighted by Crippen LogP contribution is -2.40. The van der Waals surface area contributed by atoms with Crippen LogP contribution in [0.3, 0.4) is 0 Å². The predicted octanol–water partition coefficient (Wildman–Crippen LogP) is 4.65. The minimum absolute atomic E-state index is 0.0673. The van der Waals surface area contributed by atoms with Crippen molar-refractivity contribution in [2.75, 3.05) is 6.61 Å². The van der Waals surface area contributed by atoms with Crippen molar-refractivity contribution in [3.63, 3.8) is 0 Å². The summed E-state index contributed by atoms with van der Waals surface area (Å²) < 4.78 is 5.28. The van der Waals surface area contributed by atoms with Crippen molar-refractivity contribution in [2.24, 2.45) is 0 Å². The molecular formula is C22H27NO2. The monoisotopic (exact) mass is 337 g/mol. The summed E-state index contributed by atoms with van der Waals surface area (Å²) in [5.41, 5.74) is 3.44. The fourth-order valence-corrected chi connectivity index (χ4v) is 2.71. The number of nitrogens with one attached hydrogen (secondary N) is 1. The largest absolute Gasteiger partial charge is 0.465 e. The molecular weight excluding hydrogens is 310 g/mol. The third-order valence-corrected chi connectivity index (χ3v) is 3.97. The minimum atomic E-state index is -0.389. The lowest BCUT2D eigenvalue weighted by atomic mass is 9.97. The number of allylic oxidation sites excluding steroid dienone is 1. The van der Waals surface area contributed by atoms with Gasteiger partial charge < -0.3 is 4.74 Å². The van der Waals surface area contributed by atoms with E-state index in [2.05, 4.69) is 35.7 Å². The standard InChI is InChI=1S/C22H27NO2/c1-4-25-22(24)20(16-15-17(2)3)23-21(18-11-7-5-8-12-18)19-13-9-6-10-14-19/h5-15,20-21,23H,4,16H2,1-3H3. The Morgan fingerprint density at radius 2 is 1.52 bits per heavy atom. The first-order valence-corrected chi connectivity index (χ1v) is 8.77. The van der Waals surface area contributed by atoms with Crippen molar-refractivity contribution in [3.8, 4) is 0 Å². The van der Waals surface area contributed by atoms with Crippen molar-refractivity contribution in [1.82, 2.24) is 5.32 Å². The van der Waals surface area contributed by atoms with Crippen LogP contribution in [0.4, 0.5) is 0 Å². The van der Waals surface area contributed by atoms with Crippen molar-refractivity contribution in [1.29, 1.82) is 0 Å². The fraction of sp³-hybridized carbons (Fsp3) is 0.318. The maximum absolute atomic E-state index is 12.4. The van der Waals surface area contributed by atoms with E-state index < -0.39 is 0 Å². The second-order valence-corrected chi connectivity index (χ2v) is 6.24. The lowest BCUT2D eigenvalue weighted by molar-refractivity contribution is -0.145. The molecule has 1 atom stereocenters. The molecule has 2 aromatic rings. The molecule has 0 saturated heterocycles. The zero-order valence-corrected chi connectivity index (χ0v) is 15.2. The Kier molecular flexibility index (Phi) is 7.42. The highest BCUT2D eigenvalue weighted by molar-refractivity contribution is 5.76. The Morgan fingerprint density at radius 3 is 1.96 bits per heavy atom. The molecule has 0 spiro atoms. The predicted molar refractivity (Wildman–Crippen MR) is 102 cm³/mol. The molecule has 0 amide bonds. The fourth-order valence-electron chi connectivity index (χ4n) is 2.71. The number of rotatable bonds is 8. The molecule has 1 N–H and O–H groups in total. The Bertz CT molecular complexity index is 636. The van der Waals surface area contributed by atoms with Gasteiger partial charge in [-0.2, -0.15) is 0 Å². The van der Waals surface area contributed by atoms with Crippen LogP contribution in [0.2, 0.25) is 0 Å². The molecule has 3 heteroatoms. The normalized spacial score (nSPS) is 11.8. The van der Waals surface area contributed by atoms with Crippen molar-refractivity contribution in [2.45, 2.75) is 39.3 Å². The molecule has 0 aromatic heterocycles. The topological polar surface area (TPSA) is 38.3 Å². The Morgan fingerprint density at radius 1 is 1.00 bits per heavy atom. The van der Waals surface area contributed by atoms with E-state index in [1.165, 1.54) is 5.57 Å². The van der Waals surface area contributed by atoms with Gasteiger partial charge in [-0.15, -0.1) is 0 Å². The van der Waals surface area contributed by atoms with Gasteiger partial charge in [0.05, 0.1) is 12.6 Å². The summed E-state index contributed by atoms with van der Waals surface area (Å²) in [6.07, 6.45) is 2.68. The molecule has 0 saturated carbocycles. The molecule has 0 radical (unpaired) electrons. The molecule has 132 valence electrons. The summed E-state index contributed by atoms with van der Waals surface area (Å²) in [7, 11) is 0. The highest BCUT2D eigenvalue weighted by Gasteiger charge is 2.24. The molecule has 3 nitrogen and oxygen atoms in total. The number of benzene rings is 2. The molecule has 0 bridgehead atoms. The van der Waals surface area contributed by atoms with Gasteiger partial charge in [0.25, 0.3) is 0 Å². The average molecular weight is 337 g/mol. The number of carbonyl (C=O) groups excluding carboxylic acids is 1. The number of esters is 1. The summed E-state index contributed by atoms with van der Waals surface area (Å²) in [6.45, 7) is 6.29. The van der Waals surface area contributed by atoms with Crippen LogP contribution in [-0.2, 0) is 9.53 Å². The molecule has 0 aliphatic rings. The SMILES string of the molecule is CCOC(=O)C(CC=C(C)C)NC(c1ccccc1)c1ccccc1. The van der Waals surface area contributed by atoms with Gasteiger partial charge in [-0.05, 0) is 38.3 Å². The number of carbonyl (C=O) groups is 1. The van der Waals surface area contributed by atoms with Gasteiger partial charge >= 0.3 is 5.97 Å². The maximum Gasteiger partial charge on any atom is 0.323 e. The first-order chi connectivity index (χ1) is 12.1. The Balaban J connectivity index is 2.31. The number of hydrogen-bond donors (Lipinski definition) is 1. The van der Waals surface area contributed by atoms with Gasteiger partial charge in [-0.1, -0.05) is 72.3 Å². The van der Waals surface area contributed by atoms with Gasteiger partial charge in [0.2, 0.25) is 0 Å². The van der Waals surface area contributed by atoms with Crippen LogP contribution in [0.15, 0.2) is 72.3 Å². The lowest BCUT2D eigenvalue weighted by Gasteiger charge is -2.25. The quantitative estimate of drug-likeness (QED) is 0.563. The molecule has 1 unspecified atom stereocenters. The second-order valence-electron chi connectivity index (χ2n) is 6.24. The van der Waals surface area contributed by atoms with Crippen LogP contribution < -0.4 is 5.32 Å². The van der Waals surface area contributed by atoms with Crippen molar-refractivity contribution < 1.29 is 9.53 Å². The van der Waals surface area contributed by atoms with E-state index in [4.69, 9.17) is 4.74 Å². The van der Waals surface area contributed by atoms with E-state index in [1.54, 1.807) is 0 Å². The van der Waals surface area contributed by atoms with Crippen LogP contribution in [-0.4, -0.2) is 18.6 Å². The van der Waals surface area contributed by atoms with Gasteiger partial charge in [0.1, 0.15) is 6.04 Å². The highest BCUT2D eigenvalue weighted by Crippen LogP contribution is 2.23. The number of hydrogen-bond acceptors (Lipinski definition) is 3. The van der Waals surface area contributed by atoms with E-state index in [1.807, 2.05) is 57.2 Å². The third kappa shape index (κ3) is 5.87. The maximum atomic E-state index is 12.4. The van der Waals surface area contributed by atoms with Crippen LogP contribution in [0.1, 0.15) is 44.4 Å². The zero-order valence-electron chi connectivity index (χ0n) is 15.2. The van der Waals surface area contributed by atoms with Crippen molar-refractivity contribution >= 4 is 5.97 Å². The van der Waals surface area contributed by atoms with Gasteiger partial charge in [0.15, 0.2) is 0 Å². The molecule has 0 aliphatic heterocycles. The zero-order chi connectivity index (χ0) is 18.1. The van der Waals surface area contributed by atoms with Crippen LogP contribution >= 0.6 is 0 Å². The molecule has 0 aliphatic carbocycles.